The van der Waals surface area contributed by atoms with Gasteiger partial charge in [-0.05, 0) is 19.2 Å². The number of nitro benzene ring substituents is 1. The number of nitrogens with zero attached hydrogens (tertiary/aromatic N) is 2. The summed E-state index contributed by atoms with van der Waals surface area (Å²) in [5.74, 6) is -0.180. The van der Waals surface area contributed by atoms with Gasteiger partial charge in [0.1, 0.15) is 5.52 Å². The maximum absolute atomic E-state index is 13.4. The number of likely N-dealkylation sites (N-methyl/N-ethyl adjacent to an activating group) is 1. The van der Waals surface area contributed by atoms with Crippen molar-refractivity contribution in [2.24, 2.45) is 0 Å². The lowest BCUT2D eigenvalue weighted by Gasteiger charge is -2.19. The van der Waals surface area contributed by atoms with E-state index in [-0.39, 0.29) is 44.7 Å². The summed E-state index contributed by atoms with van der Waals surface area (Å²) in [6, 6.07) is 4.34. The van der Waals surface area contributed by atoms with Gasteiger partial charge in [-0.2, -0.15) is 0 Å². The van der Waals surface area contributed by atoms with E-state index in [9.17, 15) is 20.0 Å². The number of pyridine rings is 1. The molecule has 0 saturated carbocycles. The number of benzene rings is 2. The molecule has 0 unspecified atom stereocenters. The molecular formula is C21H26N4O6. The Balaban J connectivity index is 2.27. The van der Waals surface area contributed by atoms with Gasteiger partial charge < -0.3 is 29.8 Å². The number of non-ortho nitro benzene ring substituents is 1. The van der Waals surface area contributed by atoms with Crippen molar-refractivity contribution in [3.63, 3.8) is 0 Å². The first-order valence-electron chi connectivity index (χ1n) is 9.95. The summed E-state index contributed by atoms with van der Waals surface area (Å²) in [6.45, 7) is 7.19. The van der Waals surface area contributed by atoms with Crippen LogP contribution >= 0.6 is 0 Å². The molecule has 2 aromatic carbocycles. The number of aromatic hydroxyl groups is 1. The first-order valence-corrected chi connectivity index (χ1v) is 9.95. The third-order valence-electron chi connectivity index (χ3n) is 5.38. The number of methoxy groups -OCH3 is 2. The molecule has 166 valence electrons. The maximum atomic E-state index is 13.4. The second kappa shape index (κ2) is 9.09. The number of anilines is 1. The van der Waals surface area contributed by atoms with Gasteiger partial charge in [0.25, 0.3) is 5.69 Å². The average molecular weight is 430 g/mol. The molecule has 0 atom stereocenters. The zero-order valence-electron chi connectivity index (χ0n) is 17.9. The fourth-order valence-corrected chi connectivity index (χ4v) is 3.71. The SMILES string of the molecule is CCN(CC)CCNc1ccc([N+](=O)[O-])c2[nH]c3cc(OC)c(OC)c(O)c3c(=O)c12. The third-order valence-corrected chi connectivity index (χ3v) is 5.38. The number of nitrogens with one attached hydrogen (secondary N) is 2. The van der Waals surface area contributed by atoms with Crippen LogP contribution < -0.4 is 20.2 Å². The van der Waals surface area contributed by atoms with Gasteiger partial charge in [0.05, 0.1) is 35.4 Å². The number of nitro groups is 1. The first-order chi connectivity index (χ1) is 14.9. The number of fused-ring (bicyclic) bond motifs is 2. The lowest BCUT2D eigenvalue weighted by molar-refractivity contribution is -0.383. The summed E-state index contributed by atoms with van der Waals surface area (Å²) in [7, 11) is 2.74. The van der Waals surface area contributed by atoms with Crippen molar-refractivity contribution in [3.05, 3.63) is 38.5 Å². The predicted molar refractivity (Wildman–Crippen MR) is 120 cm³/mol. The average Bonchev–Trinajstić information content (AvgIpc) is 2.75. The molecule has 3 N–H and O–H groups in total. The van der Waals surface area contributed by atoms with Gasteiger partial charge in [-0.25, -0.2) is 0 Å². The van der Waals surface area contributed by atoms with Crippen LogP contribution in [0.25, 0.3) is 21.8 Å². The van der Waals surface area contributed by atoms with Gasteiger partial charge >= 0.3 is 0 Å². The Morgan fingerprint density at radius 1 is 1.19 bits per heavy atom. The highest BCUT2D eigenvalue weighted by Gasteiger charge is 2.23. The van der Waals surface area contributed by atoms with E-state index in [1.165, 1.54) is 32.4 Å². The second-order valence-electron chi connectivity index (χ2n) is 6.93. The van der Waals surface area contributed by atoms with Crippen molar-refractivity contribution in [2.75, 3.05) is 45.7 Å². The van der Waals surface area contributed by atoms with E-state index in [0.29, 0.717) is 12.2 Å². The van der Waals surface area contributed by atoms with Gasteiger partial charge in [0, 0.05) is 30.9 Å². The summed E-state index contributed by atoms with van der Waals surface area (Å²) in [5, 5.41) is 25.6. The molecule has 0 saturated heterocycles. The van der Waals surface area contributed by atoms with Gasteiger partial charge in [-0.3, -0.25) is 14.9 Å². The molecule has 0 aliphatic carbocycles. The topological polar surface area (TPSA) is 130 Å². The zero-order chi connectivity index (χ0) is 22.7. The number of ether oxygens (including phenoxy) is 2. The summed E-state index contributed by atoms with van der Waals surface area (Å²) in [4.78, 5) is 29.6. The Labute approximate surface area is 178 Å². The largest absolute Gasteiger partial charge is 0.504 e. The second-order valence-corrected chi connectivity index (χ2v) is 6.93. The minimum atomic E-state index is -0.551. The van der Waals surface area contributed by atoms with Crippen LogP contribution in [-0.4, -0.2) is 60.3 Å². The van der Waals surface area contributed by atoms with Crippen LogP contribution in [0.2, 0.25) is 0 Å². The maximum Gasteiger partial charge on any atom is 0.293 e. The smallest absolute Gasteiger partial charge is 0.293 e. The van der Waals surface area contributed by atoms with Crippen LogP contribution in [0, 0.1) is 10.1 Å². The van der Waals surface area contributed by atoms with Crippen molar-refractivity contribution >= 4 is 33.2 Å². The molecule has 0 aliphatic rings. The number of phenolic OH excluding ortho intramolecular Hbond substituents is 1. The number of rotatable bonds is 9. The lowest BCUT2D eigenvalue weighted by Crippen LogP contribution is -2.28. The number of aromatic amines is 1. The molecular weight excluding hydrogens is 404 g/mol. The summed E-state index contributed by atoms with van der Waals surface area (Å²) in [5.41, 5.74) is -0.0584. The standard InChI is InChI=1S/C21H26N4O6/c1-5-24(6-2)10-9-22-12-7-8-14(25(28)29)18-16(12)19(26)17-13(23-18)11-15(30-3)21(31-4)20(17)27/h7-8,11,22,27H,5-6,9-10H2,1-4H3,(H,23,26). The van der Waals surface area contributed by atoms with E-state index >= 15 is 0 Å². The van der Waals surface area contributed by atoms with Crippen LogP contribution in [-0.2, 0) is 0 Å². The number of aromatic nitrogens is 1. The minimum absolute atomic E-state index is 0.0151. The molecule has 10 heteroatoms. The van der Waals surface area contributed by atoms with Crippen LogP contribution in [0.5, 0.6) is 17.2 Å². The van der Waals surface area contributed by atoms with Crippen molar-refractivity contribution in [2.45, 2.75) is 13.8 Å². The summed E-state index contributed by atoms with van der Waals surface area (Å²) >= 11 is 0. The predicted octanol–water partition coefficient (Wildman–Crippen LogP) is 3.07. The highest BCUT2D eigenvalue weighted by atomic mass is 16.6. The van der Waals surface area contributed by atoms with Gasteiger partial charge in [0.2, 0.25) is 11.2 Å². The molecule has 31 heavy (non-hydrogen) atoms. The van der Waals surface area contributed by atoms with Crippen molar-refractivity contribution in [1.82, 2.24) is 9.88 Å². The number of H-pyrrole nitrogens is 1. The molecule has 1 aromatic heterocycles. The zero-order valence-corrected chi connectivity index (χ0v) is 17.9. The monoisotopic (exact) mass is 430 g/mol. The molecule has 3 rings (SSSR count). The van der Waals surface area contributed by atoms with Crippen LogP contribution in [0.1, 0.15) is 13.8 Å². The molecule has 0 spiro atoms. The van der Waals surface area contributed by atoms with Crippen LogP contribution in [0.4, 0.5) is 11.4 Å². The highest BCUT2D eigenvalue weighted by Crippen LogP contribution is 2.42. The van der Waals surface area contributed by atoms with Gasteiger partial charge in [0.15, 0.2) is 11.5 Å². The summed E-state index contributed by atoms with van der Waals surface area (Å²) < 4.78 is 10.4. The highest BCUT2D eigenvalue weighted by molar-refractivity contribution is 6.05. The normalized spacial score (nSPS) is 11.3. The Kier molecular flexibility index (Phi) is 6.50. The lowest BCUT2D eigenvalue weighted by atomic mass is 10.1. The van der Waals surface area contributed by atoms with E-state index in [1.807, 2.05) is 0 Å². The number of phenols is 1. The van der Waals surface area contributed by atoms with E-state index in [4.69, 9.17) is 9.47 Å². The number of hydrogen-bond donors (Lipinski definition) is 3. The Morgan fingerprint density at radius 2 is 1.90 bits per heavy atom. The Morgan fingerprint density at radius 3 is 2.48 bits per heavy atom. The van der Waals surface area contributed by atoms with E-state index in [2.05, 4.69) is 29.0 Å². The molecule has 0 bridgehead atoms. The van der Waals surface area contributed by atoms with Gasteiger partial charge in [-0.1, -0.05) is 13.8 Å². The molecule has 3 aromatic rings. The molecule has 10 nitrogen and oxygen atoms in total. The summed E-state index contributed by atoms with van der Waals surface area (Å²) in [6.07, 6.45) is 0. The van der Waals surface area contributed by atoms with Crippen molar-refractivity contribution in [1.29, 1.82) is 0 Å². The molecule has 0 amide bonds. The van der Waals surface area contributed by atoms with E-state index in [0.717, 1.165) is 19.6 Å². The first kappa shape index (κ1) is 22.2. The van der Waals surface area contributed by atoms with Gasteiger partial charge in [-0.15, -0.1) is 0 Å². The molecule has 1 heterocycles. The van der Waals surface area contributed by atoms with Crippen molar-refractivity contribution < 1.29 is 19.5 Å². The Hall–Kier alpha value is -3.53. The van der Waals surface area contributed by atoms with Crippen LogP contribution in [0.15, 0.2) is 23.0 Å². The van der Waals surface area contributed by atoms with Crippen molar-refractivity contribution in [3.8, 4) is 17.2 Å². The van der Waals surface area contributed by atoms with Crippen LogP contribution in [0.3, 0.4) is 0 Å². The fraction of sp³-hybridized carbons (Fsp3) is 0.381. The quantitative estimate of drug-likeness (QED) is 0.268. The van der Waals surface area contributed by atoms with E-state index < -0.39 is 10.4 Å². The Bertz CT molecular complexity index is 1190. The molecule has 0 fully saturated rings. The fourth-order valence-electron chi connectivity index (χ4n) is 3.71. The van der Waals surface area contributed by atoms with E-state index in [1.54, 1.807) is 0 Å². The minimum Gasteiger partial charge on any atom is -0.504 e. The number of hydrogen-bond acceptors (Lipinski definition) is 8. The molecule has 0 radical (unpaired) electrons. The molecule has 0 aliphatic heterocycles. The third kappa shape index (κ3) is 3.93.